The van der Waals surface area contributed by atoms with Crippen molar-refractivity contribution in [1.29, 1.82) is 0 Å². The molecule has 106 valence electrons. The molecule has 1 aromatic rings. The van der Waals surface area contributed by atoms with Crippen LogP contribution in [0.2, 0.25) is 0 Å². The summed E-state index contributed by atoms with van der Waals surface area (Å²) in [4.78, 5) is 27.2. The number of urea groups is 1. The monoisotopic (exact) mass is 274 g/mol. The summed E-state index contributed by atoms with van der Waals surface area (Å²) < 4.78 is 0. The van der Waals surface area contributed by atoms with Gasteiger partial charge >= 0.3 is 12.0 Å². The van der Waals surface area contributed by atoms with Crippen LogP contribution in [0.3, 0.4) is 0 Å². The van der Waals surface area contributed by atoms with Crippen LogP contribution in [0.5, 0.6) is 0 Å². The number of benzene rings is 1. The van der Waals surface area contributed by atoms with Crippen molar-refractivity contribution in [3.8, 4) is 0 Å². The van der Waals surface area contributed by atoms with Gasteiger partial charge in [0, 0.05) is 25.3 Å². The van der Waals surface area contributed by atoms with Gasteiger partial charge in [0.05, 0.1) is 5.56 Å². The summed E-state index contributed by atoms with van der Waals surface area (Å²) in [6.45, 7) is 4.38. The molecule has 0 radical (unpaired) electrons. The van der Waals surface area contributed by atoms with Gasteiger partial charge in [0.15, 0.2) is 0 Å². The molecular weight excluding hydrogens is 256 g/mol. The molecule has 2 aliphatic rings. The fraction of sp³-hybridized carbons (Fsp3) is 0.467. The molecule has 1 unspecified atom stereocenters. The van der Waals surface area contributed by atoms with Crippen molar-refractivity contribution in [3.05, 3.63) is 29.3 Å². The molecule has 20 heavy (non-hydrogen) atoms. The van der Waals surface area contributed by atoms with E-state index in [0.717, 1.165) is 37.2 Å². The summed E-state index contributed by atoms with van der Waals surface area (Å²) in [5.41, 5.74) is 2.04. The second-order valence-electron chi connectivity index (χ2n) is 5.67. The molecule has 0 saturated carbocycles. The Balaban J connectivity index is 1.86. The Kier molecular flexibility index (Phi) is 3.12. The Labute approximate surface area is 117 Å². The highest BCUT2D eigenvalue weighted by atomic mass is 16.4. The quantitative estimate of drug-likeness (QED) is 0.854. The molecule has 0 spiro atoms. The average Bonchev–Trinajstić information content (AvgIpc) is 3.03. The molecule has 1 aromatic carbocycles. The predicted molar refractivity (Wildman–Crippen MR) is 75.2 cm³/mol. The van der Waals surface area contributed by atoms with Crippen LogP contribution in [0.25, 0.3) is 0 Å². The first-order valence-corrected chi connectivity index (χ1v) is 6.99. The first kappa shape index (κ1) is 13.0. The van der Waals surface area contributed by atoms with Crippen LogP contribution in [0, 0.1) is 5.92 Å². The molecular formula is C15H18N2O3. The van der Waals surface area contributed by atoms with Gasteiger partial charge in [-0.2, -0.15) is 0 Å². The van der Waals surface area contributed by atoms with E-state index in [1.54, 1.807) is 17.0 Å². The van der Waals surface area contributed by atoms with Gasteiger partial charge in [-0.3, -0.25) is 4.90 Å². The molecule has 3 rings (SSSR count). The number of nitrogens with zero attached hydrogens (tertiary/aromatic N) is 2. The van der Waals surface area contributed by atoms with Gasteiger partial charge in [-0.15, -0.1) is 0 Å². The maximum absolute atomic E-state index is 12.5. The zero-order valence-electron chi connectivity index (χ0n) is 11.5. The minimum absolute atomic E-state index is 0.00985. The van der Waals surface area contributed by atoms with Crippen LogP contribution < -0.4 is 4.90 Å². The summed E-state index contributed by atoms with van der Waals surface area (Å²) in [6, 6.07) is 5.05. The number of fused-ring (bicyclic) bond motifs is 1. The molecule has 0 aromatic heterocycles. The van der Waals surface area contributed by atoms with E-state index in [9.17, 15) is 9.59 Å². The van der Waals surface area contributed by atoms with Gasteiger partial charge in [-0.25, -0.2) is 9.59 Å². The summed E-state index contributed by atoms with van der Waals surface area (Å²) in [5, 5.41) is 9.07. The SMILES string of the molecule is CC1CCN(C(=O)N2CCc3ccc(C(=O)O)cc32)C1. The zero-order chi connectivity index (χ0) is 14.3. The Bertz CT molecular complexity index is 570. The number of carbonyl (C=O) groups is 2. The lowest BCUT2D eigenvalue weighted by molar-refractivity contribution is 0.0697. The lowest BCUT2D eigenvalue weighted by Gasteiger charge is -2.25. The van der Waals surface area contributed by atoms with E-state index in [1.165, 1.54) is 0 Å². The van der Waals surface area contributed by atoms with Crippen LogP contribution in [-0.4, -0.2) is 41.6 Å². The minimum Gasteiger partial charge on any atom is -0.478 e. The van der Waals surface area contributed by atoms with Gasteiger partial charge in [-0.1, -0.05) is 13.0 Å². The molecule has 2 heterocycles. The molecule has 1 saturated heterocycles. The van der Waals surface area contributed by atoms with Crippen LogP contribution in [-0.2, 0) is 6.42 Å². The summed E-state index contributed by atoms with van der Waals surface area (Å²) in [7, 11) is 0. The maximum atomic E-state index is 12.5. The predicted octanol–water partition coefficient (Wildman–Crippen LogP) is 2.21. The van der Waals surface area contributed by atoms with E-state index in [4.69, 9.17) is 5.11 Å². The number of carboxylic acid groups (broad SMARTS) is 1. The molecule has 1 atom stereocenters. The molecule has 1 fully saturated rings. The van der Waals surface area contributed by atoms with E-state index < -0.39 is 5.97 Å². The van der Waals surface area contributed by atoms with Gasteiger partial charge in [0.25, 0.3) is 0 Å². The standard InChI is InChI=1S/C15H18N2O3/c1-10-4-6-16(9-10)15(20)17-7-5-11-2-3-12(14(18)19)8-13(11)17/h2-3,8,10H,4-7,9H2,1H3,(H,18,19). The third-order valence-electron chi connectivity index (χ3n) is 4.15. The van der Waals surface area contributed by atoms with E-state index in [1.807, 2.05) is 11.0 Å². The third-order valence-corrected chi connectivity index (χ3v) is 4.15. The van der Waals surface area contributed by atoms with Gasteiger partial charge in [0.2, 0.25) is 0 Å². The fourth-order valence-electron chi connectivity index (χ4n) is 2.99. The van der Waals surface area contributed by atoms with Crippen molar-refractivity contribution >= 4 is 17.7 Å². The third kappa shape index (κ3) is 2.13. The number of hydrogen-bond acceptors (Lipinski definition) is 2. The zero-order valence-corrected chi connectivity index (χ0v) is 11.5. The number of aromatic carboxylic acids is 1. The number of likely N-dealkylation sites (tertiary alicyclic amines) is 1. The van der Waals surface area contributed by atoms with E-state index in [-0.39, 0.29) is 11.6 Å². The van der Waals surface area contributed by atoms with Crippen LogP contribution in [0.4, 0.5) is 10.5 Å². The van der Waals surface area contributed by atoms with Gasteiger partial charge < -0.3 is 10.0 Å². The lowest BCUT2D eigenvalue weighted by atomic mass is 10.1. The van der Waals surface area contributed by atoms with Crippen LogP contribution in [0.15, 0.2) is 18.2 Å². The van der Waals surface area contributed by atoms with Crippen molar-refractivity contribution < 1.29 is 14.7 Å². The first-order valence-electron chi connectivity index (χ1n) is 6.99. The second-order valence-corrected chi connectivity index (χ2v) is 5.67. The number of carbonyl (C=O) groups excluding carboxylic acids is 1. The number of hydrogen-bond donors (Lipinski definition) is 1. The Morgan fingerprint density at radius 1 is 1.30 bits per heavy atom. The fourth-order valence-corrected chi connectivity index (χ4v) is 2.99. The van der Waals surface area contributed by atoms with Gasteiger partial charge in [0.1, 0.15) is 0 Å². The summed E-state index contributed by atoms with van der Waals surface area (Å²) >= 11 is 0. The summed E-state index contributed by atoms with van der Waals surface area (Å²) in [5.74, 6) is -0.409. The number of amides is 2. The van der Waals surface area contributed by atoms with E-state index in [0.29, 0.717) is 12.5 Å². The topological polar surface area (TPSA) is 60.9 Å². The molecule has 2 amide bonds. The van der Waals surface area contributed by atoms with Gasteiger partial charge in [-0.05, 0) is 36.5 Å². The van der Waals surface area contributed by atoms with Crippen molar-refractivity contribution in [2.75, 3.05) is 24.5 Å². The minimum atomic E-state index is -0.957. The average molecular weight is 274 g/mol. The van der Waals surface area contributed by atoms with Crippen molar-refractivity contribution in [3.63, 3.8) is 0 Å². The lowest BCUT2D eigenvalue weighted by Crippen LogP contribution is -2.41. The smallest absolute Gasteiger partial charge is 0.335 e. The Hall–Kier alpha value is -2.04. The molecule has 5 heteroatoms. The highest BCUT2D eigenvalue weighted by molar-refractivity contribution is 5.97. The Morgan fingerprint density at radius 2 is 2.10 bits per heavy atom. The number of anilines is 1. The molecule has 2 aliphatic heterocycles. The van der Waals surface area contributed by atoms with E-state index >= 15 is 0 Å². The first-order chi connectivity index (χ1) is 9.56. The Morgan fingerprint density at radius 3 is 2.75 bits per heavy atom. The van der Waals surface area contributed by atoms with Crippen molar-refractivity contribution in [2.24, 2.45) is 5.92 Å². The highest BCUT2D eigenvalue weighted by Gasteiger charge is 2.32. The van der Waals surface area contributed by atoms with Crippen molar-refractivity contribution in [2.45, 2.75) is 19.8 Å². The number of carboxylic acids is 1. The van der Waals surface area contributed by atoms with Crippen molar-refractivity contribution in [1.82, 2.24) is 4.90 Å². The molecule has 1 N–H and O–H groups in total. The highest BCUT2D eigenvalue weighted by Crippen LogP contribution is 2.31. The molecule has 0 aliphatic carbocycles. The van der Waals surface area contributed by atoms with Crippen LogP contribution >= 0.6 is 0 Å². The van der Waals surface area contributed by atoms with Crippen LogP contribution in [0.1, 0.15) is 29.3 Å². The second kappa shape index (κ2) is 4.81. The van der Waals surface area contributed by atoms with E-state index in [2.05, 4.69) is 6.92 Å². The normalized spacial score (nSPS) is 21.1. The number of rotatable bonds is 1. The molecule has 0 bridgehead atoms. The largest absolute Gasteiger partial charge is 0.478 e. The summed E-state index contributed by atoms with van der Waals surface area (Å²) in [6.07, 6.45) is 1.84. The molecule has 5 nitrogen and oxygen atoms in total. The maximum Gasteiger partial charge on any atom is 0.335 e.